The molecule has 102 valence electrons. The van der Waals surface area contributed by atoms with E-state index in [2.05, 4.69) is 10.6 Å². The average molecular weight is 274 g/mol. The summed E-state index contributed by atoms with van der Waals surface area (Å²) in [6, 6.07) is 1.68. The Hall–Kier alpha value is -1.04. The summed E-state index contributed by atoms with van der Waals surface area (Å²) in [5.41, 5.74) is 0.597. The molecule has 0 radical (unpaired) electrons. The Bertz CT molecular complexity index is 379. The minimum atomic E-state index is -0.0997. The van der Waals surface area contributed by atoms with Crippen molar-refractivity contribution in [3.8, 4) is 0 Å². The molecule has 0 bridgehead atoms. The number of rotatable bonds is 8. The topological polar surface area (TPSA) is 55.3 Å². The van der Waals surface area contributed by atoms with Crippen molar-refractivity contribution >= 4 is 17.5 Å². The largest absolute Gasteiger partial charge is 0.383 e. The van der Waals surface area contributed by atoms with Crippen molar-refractivity contribution in [3.05, 3.63) is 23.0 Å². The summed E-state index contributed by atoms with van der Waals surface area (Å²) in [5.74, 6) is -0.0997. The third-order valence-corrected chi connectivity index (χ3v) is 2.71. The van der Waals surface area contributed by atoms with E-state index in [0.717, 1.165) is 19.6 Å². The van der Waals surface area contributed by atoms with Crippen LogP contribution in [0.25, 0.3) is 0 Å². The van der Waals surface area contributed by atoms with Gasteiger partial charge in [-0.1, -0.05) is 11.6 Å². The number of carbonyl (C=O) groups excluding carboxylic acids is 1. The van der Waals surface area contributed by atoms with Gasteiger partial charge in [0.2, 0.25) is 0 Å². The first-order valence-corrected chi connectivity index (χ1v) is 6.40. The number of nitrogens with one attached hydrogen (secondary N) is 2. The van der Waals surface area contributed by atoms with Crippen molar-refractivity contribution in [2.75, 3.05) is 33.4 Å². The lowest BCUT2D eigenvalue weighted by atomic mass is 10.4. The maximum atomic E-state index is 11.9. The summed E-state index contributed by atoms with van der Waals surface area (Å²) in [4.78, 5) is 11.9. The first kappa shape index (κ1) is 15.0. The van der Waals surface area contributed by atoms with Gasteiger partial charge in [-0.3, -0.25) is 4.79 Å². The van der Waals surface area contributed by atoms with E-state index in [1.165, 1.54) is 0 Å². The number of halogens is 1. The molecular formula is C12H20ClN3O2. The van der Waals surface area contributed by atoms with Crippen LogP contribution in [0.1, 0.15) is 17.4 Å². The lowest BCUT2D eigenvalue weighted by Gasteiger charge is -2.08. The van der Waals surface area contributed by atoms with Gasteiger partial charge < -0.3 is 19.9 Å². The number of amides is 1. The van der Waals surface area contributed by atoms with E-state index in [1.54, 1.807) is 19.4 Å². The number of aryl methyl sites for hydroxylation is 1. The Morgan fingerprint density at radius 2 is 2.22 bits per heavy atom. The fourth-order valence-corrected chi connectivity index (χ4v) is 1.80. The minimum absolute atomic E-state index is 0.0997. The molecule has 0 fully saturated rings. The molecule has 0 aliphatic heterocycles. The van der Waals surface area contributed by atoms with Crippen LogP contribution in [0.15, 0.2) is 12.3 Å². The van der Waals surface area contributed by atoms with Crippen LogP contribution in [0, 0.1) is 0 Å². The molecule has 0 aliphatic carbocycles. The molecule has 18 heavy (non-hydrogen) atoms. The van der Waals surface area contributed by atoms with Crippen LogP contribution in [0.4, 0.5) is 0 Å². The fourth-order valence-electron chi connectivity index (χ4n) is 1.58. The van der Waals surface area contributed by atoms with Gasteiger partial charge in [-0.25, -0.2) is 0 Å². The summed E-state index contributed by atoms with van der Waals surface area (Å²) >= 11 is 5.88. The second-order valence-corrected chi connectivity index (χ2v) is 4.26. The van der Waals surface area contributed by atoms with E-state index in [1.807, 2.05) is 11.5 Å². The SMILES string of the molecule is CCn1cc(Cl)cc1C(=O)NCCNCCOC. The summed E-state index contributed by atoms with van der Waals surface area (Å²) in [7, 11) is 1.66. The molecule has 0 saturated heterocycles. The first-order chi connectivity index (χ1) is 8.69. The number of nitrogens with zero attached hydrogens (tertiary/aromatic N) is 1. The zero-order valence-electron chi connectivity index (χ0n) is 10.8. The molecule has 1 aromatic rings. The molecule has 6 heteroatoms. The van der Waals surface area contributed by atoms with Crippen LogP contribution >= 0.6 is 11.6 Å². The predicted octanol–water partition coefficient (Wildman–Crippen LogP) is 1.13. The van der Waals surface area contributed by atoms with Crippen LogP contribution in [-0.2, 0) is 11.3 Å². The van der Waals surface area contributed by atoms with E-state index in [-0.39, 0.29) is 5.91 Å². The van der Waals surface area contributed by atoms with Crippen molar-refractivity contribution in [2.24, 2.45) is 0 Å². The molecule has 0 spiro atoms. The predicted molar refractivity (Wildman–Crippen MR) is 72.2 cm³/mol. The lowest BCUT2D eigenvalue weighted by molar-refractivity contribution is 0.0944. The van der Waals surface area contributed by atoms with Gasteiger partial charge in [0.05, 0.1) is 11.6 Å². The zero-order chi connectivity index (χ0) is 13.4. The number of aromatic nitrogens is 1. The number of methoxy groups -OCH3 is 1. The third-order valence-electron chi connectivity index (χ3n) is 2.51. The highest BCUT2D eigenvalue weighted by atomic mass is 35.5. The Morgan fingerprint density at radius 3 is 2.89 bits per heavy atom. The summed E-state index contributed by atoms with van der Waals surface area (Å²) < 4.78 is 6.73. The van der Waals surface area contributed by atoms with E-state index in [4.69, 9.17) is 16.3 Å². The van der Waals surface area contributed by atoms with Crippen LogP contribution in [0.2, 0.25) is 5.02 Å². The summed E-state index contributed by atoms with van der Waals surface area (Å²) in [5, 5.41) is 6.58. The molecule has 0 aromatic carbocycles. The Kier molecular flexibility index (Phi) is 6.78. The molecule has 2 N–H and O–H groups in total. The Morgan fingerprint density at radius 1 is 1.44 bits per heavy atom. The number of hydrogen-bond acceptors (Lipinski definition) is 3. The van der Waals surface area contributed by atoms with E-state index in [9.17, 15) is 4.79 Å². The summed E-state index contributed by atoms with van der Waals surface area (Å²) in [6.07, 6.45) is 1.76. The van der Waals surface area contributed by atoms with Crippen molar-refractivity contribution in [2.45, 2.75) is 13.5 Å². The standard InChI is InChI=1S/C12H20ClN3O2/c1-3-16-9-10(13)8-11(16)12(17)15-5-4-14-6-7-18-2/h8-9,14H,3-7H2,1-2H3,(H,15,17). The third kappa shape index (κ3) is 4.68. The molecule has 0 aliphatic rings. The molecule has 0 atom stereocenters. The van der Waals surface area contributed by atoms with Crippen molar-refractivity contribution in [1.29, 1.82) is 0 Å². The van der Waals surface area contributed by atoms with Gasteiger partial charge in [0.1, 0.15) is 5.69 Å². The molecule has 1 rings (SSSR count). The molecule has 1 heterocycles. The second kappa shape index (κ2) is 8.13. The second-order valence-electron chi connectivity index (χ2n) is 3.83. The van der Waals surface area contributed by atoms with E-state index in [0.29, 0.717) is 23.9 Å². The fraction of sp³-hybridized carbons (Fsp3) is 0.583. The zero-order valence-corrected chi connectivity index (χ0v) is 11.6. The van der Waals surface area contributed by atoms with Gasteiger partial charge in [-0.15, -0.1) is 0 Å². The maximum absolute atomic E-state index is 11.9. The van der Waals surface area contributed by atoms with E-state index >= 15 is 0 Å². The number of carbonyl (C=O) groups is 1. The van der Waals surface area contributed by atoms with Gasteiger partial charge in [0.15, 0.2) is 0 Å². The first-order valence-electron chi connectivity index (χ1n) is 6.02. The van der Waals surface area contributed by atoms with Crippen LogP contribution in [-0.4, -0.2) is 43.8 Å². The highest BCUT2D eigenvalue weighted by Crippen LogP contribution is 2.13. The molecular weight excluding hydrogens is 254 g/mol. The van der Waals surface area contributed by atoms with Gasteiger partial charge in [0.25, 0.3) is 5.91 Å². The molecule has 1 amide bonds. The van der Waals surface area contributed by atoms with Gasteiger partial charge in [-0.2, -0.15) is 0 Å². The maximum Gasteiger partial charge on any atom is 0.268 e. The van der Waals surface area contributed by atoms with E-state index < -0.39 is 0 Å². The Balaban J connectivity index is 2.32. The number of hydrogen-bond donors (Lipinski definition) is 2. The van der Waals surface area contributed by atoms with Crippen LogP contribution in [0.3, 0.4) is 0 Å². The molecule has 1 aromatic heterocycles. The van der Waals surface area contributed by atoms with Crippen LogP contribution < -0.4 is 10.6 Å². The van der Waals surface area contributed by atoms with Crippen molar-refractivity contribution in [3.63, 3.8) is 0 Å². The molecule has 0 saturated carbocycles. The highest BCUT2D eigenvalue weighted by molar-refractivity contribution is 6.31. The lowest BCUT2D eigenvalue weighted by Crippen LogP contribution is -2.33. The van der Waals surface area contributed by atoms with Crippen molar-refractivity contribution in [1.82, 2.24) is 15.2 Å². The quantitative estimate of drug-likeness (QED) is 0.698. The average Bonchev–Trinajstić information content (AvgIpc) is 2.74. The van der Waals surface area contributed by atoms with Crippen LogP contribution in [0.5, 0.6) is 0 Å². The van der Waals surface area contributed by atoms with Gasteiger partial charge in [0, 0.05) is 39.5 Å². The monoisotopic (exact) mass is 273 g/mol. The van der Waals surface area contributed by atoms with Gasteiger partial charge in [-0.05, 0) is 13.0 Å². The smallest absolute Gasteiger partial charge is 0.268 e. The Labute approximate surface area is 112 Å². The number of ether oxygens (including phenoxy) is 1. The summed E-state index contributed by atoms with van der Waals surface area (Å²) in [6.45, 7) is 5.44. The van der Waals surface area contributed by atoms with Gasteiger partial charge >= 0.3 is 0 Å². The minimum Gasteiger partial charge on any atom is -0.383 e. The van der Waals surface area contributed by atoms with Crippen molar-refractivity contribution < 1.29 is 9.53 Å². The molecule has 5 nitrogen and oxygen atoms in total. The normalized spacial score (nSPS) is 10.6. The molecule has 0 unspecified atom stereocenters. The highest BCUT2D eigenvalue weighted by Gasteiger charge is 2.11.